The lowest BCUT2D eigenvalue weighted by Crippen LogP contribution is -2.36. The summed E-state index contributed by atoms with van der Waals surface area (Å²) in [6.07, 6.45) is 1.23. The van der Waals surface area contributed by atoms with Crippen molar-refractivity contribution in [2.24, 2.45) is 5.92 Å². The highest BCUT2D eigenvalue weighted by Crippen LogP contribution is 2.15. The topological polar surface area (TPSA) is 58.6 Å². The van der Waals surface area contributed by atoms with E-state index < -0.39 is 0 Å². The Morgan fingerprint density at radius 2 is 2.38 bits per heavy atom. The summed E-state index contributed by atoms with van der Waals surface area (Å²) in [7, 11) is 1.36. The molecule has 1 amide bonds. The van der Waals surface area contributed by atoms with E-state index in [1.54, 1.807) is 4.90 Å². The zero-order valence-corrected chi connectivity index (χ0v) is 10.2. The zero-order valence-electron chi connectivity index (χ0n) is 10.2. The Hall–Kier alpha value is -1.10. The van der Waals surface area contributed by atoms with E-state index in [9.17, 15) is 9.59 Å². The molecule has 0 aromatic heterocycles. The van der Waals surface area contributed by atoms with Crippen molar-refractivity contribution in [1.29, 1.82) is 0 Å². The van der Waals surface area contributed by atoms with Gasteiger partial charge in [-0.25, -0.2) is 0 Å². The van der Waals surface area contributed by atoms with Gasteiger partial charge in [0.05, 0.1) is 26.2 Å². The van der Waals surface area contributed by atoms with Crippen molar-refractivity contribution >= 4 is 11.9 Å². The van der Waals surface area contributed by atoms with E-state index in [2.05, 4.69) is 23.9 Å². The lowest BCUT2D eigenvalue weighted by Gasteiger charge is -2.17. The smallest absolute Gasteiger partial charge is 0.307 e. The molecule has 0 aromatic carbocycles. The van der Waals surface area contributed by atoms with Gasteiger partial charge in [-0.1, -0.05) is 20.3 Å². The fourth-order valence-electron chi connectivity index (χ4n) is 1.77. The number of ether oxygens (including phenoxy) is 1. The average molecular weight is 228 g/mol. The van der Waals surface area contributed by atoms with Gasteiger partial charge in [0, 0.05) is 6.54 Å². The van der Waals surface area contributed by atoms with Crippen LogP contribution in [0.2, 0.25) is 0 Å². The maximum atomic E-state index is 11.9. The molecular weight excluding hydrogens is 208 g/mol. The molecule has 0 saturated carbocycles. The minimum Gasteiger partial charge on any atom is -0.469 e. The molecule has 0 aromatic rings. The Morgan fingerprint density at radius 3 is 2.94 bits per heavy atom. The van der Waals surface area contributed by atoms with Crippen LogP contribution in [0.15, 0.2) is 0 Å². The number of carbonyl (C=O) groups is 2. The molecule has 16 heavy (non-hydrogen) atoms. The van der Waals surface area contributed by atoms with E-state index >= 15 is 0 Å². The Kier molecular flexibility index (Phi) is 4.73. The molecule has 2 unspecified atom stereocenters. The normalized spacial score (nSPS) is 22.3. The summed E-state index contributed by atoms with van der Waals surface area (Å²) in [6, 6.07) is -0.0948. The molecular formula is C11H20N2O3. The largest absolute Gasteiger partial charge is 0.469 e. The molecule has 1 rings (SSSR count). The van der Waals surface area contributed by atoms with Crippen LogP contribution in [0.25, 0.3) is 0 Å². The van der Waals surface area contributed by atoms with E-state index in [4.69, 9.17) is 0 Å². The number of nitrogens with zero attached hydrogens (tertiary/aromatic N) is 1. The first-order valence-electron chi connectivity index (χ1n) is 5.69. The lowest BCUT2D eigenvalue weighted by molar-refractivity contribution is -0.141. The summed E-state index contributed by atoms with van der Waals surface area (Å²) in [6.45, 7) is 5.09. The first-order valence-corrected chi connectivity index (χ1v) is 5.69. The summed E-state index contributed by atoms with van der Waals surface area (Å²) >= 11 is 0. The number of nitrogens with one attached hydrogen (secondary N) is 1. The van der Waals surface area contributed by atoms with E-state index in [1.165, 1.54) is 7.11 Å². The van der Waals surface area contributed by atoms with Gasteiger partial charge in [-0.05, 0) is 5.92 Å². The van der Waals surface area contributed by atoms with Gasteiger partial charge in [-0.15, -0.1) is 0 Å². The Morgan fingerprint density at radius 1 is 1.69 bits per heavy atom. The molecule has 1 aliphatic heterocycles. The minimum absolute atomic E-state index is 0.0948. The van der Waals surface area contributed by atoms with Crippen molar-refractivity contribution in [3.05, 3.63) is 0 Å². The van der Waals surface area contributed by atoms with E-state index in [0.29, 0.717) is 19.1 Å². The van der Waals surface area contributed by atoms with E-state index in [-0.39, 0.29) is 24.3 Å². The fraction of sp³-hybridized carbons (Fsp3) is 0.818. The van der Waals surface area contributed by atoms with Gasteiger partial charge in [-0.3, -0.25) is 14.9 Å². The predicted molar refractivity (Wildman–Crippen MR) is 59.6 cm³/mol. The number of hydrogen-bond acceptors (Lipinski definition) is 4. The van der Waals surface area contributed by atoms with E-state index in [1.807, 2.05) is 0 Å². The highest BCUT2D eigenvalue weighted by atomic mass is 16.5. The number of rotatable bonds is 5. The summed E-state index contributed by atoms with van der Waals surface area (Å²) in [4.78, 5) is 24.6. The molecule has 92 valence electrons. The van der Waals surface area contributed by atoms with Crippen molar-refractivity contribution in [1.82, 2.24) is 10.2 Å². The van der Waals surface area contributed by atoms with Crippen LogP contribution in [0.3, 0.4) is 0 Å². The monoisotopic (exact) mass is 228 g/mol. The standard InChI is InChI=1S/C11H20N2O3/c1-4-8(2)10-11(15)13(7-12-10)6-5-9(14)16-3/h8,10,12H,4-7H2,1-3H3. The Bertz CT molecular complexity index is 268. The summed E-state index contributed by atoms with van der Waals surface area (Å²) < 4.78 is 4.54. The number of methoxy groups -OCH3 is 1. The van der Waals surface area contributed by atoms with Crippen LogP contribution in [0, 0.1) is 5.92 Å². The first-order chi connectivity index (χ1) is 7.60. The van der Waals surface area contributed by atoms with Gasteiger partial charge in [0.2, 0.25) is 5.91 Å². The van der Waals surface area contributed by atoms with Crippen LogP contribution in [0.1, 0.15) is 26.7 Å². The third-order valence-electron chi connectivity index (χ3n) is 3.11. The van der Waals surface area contributed by atoms with Gasteiger partial charge >= 0.3 is 5.97 Å². The molecule has 1 saturated heterocycles. The predicted octanol–water partition coefficient (Wildman–Crippen LogP) is 0.353. The van der Waals surface area contributed by atoms with Crippen molar-refractivity contribution in [3.8, 4) is 0 Å². The maximum absolute atomic E-state index is 11.9. The van der Waals surface area contributed by atoms with Crippen LogP contribution in [-0.2, 0) is 14.3 Å². The van der Waals surface area contributed by atoms with Gasteiger partial charge < -0.3 is 9.64 Å². The second-order valence-corrected chi connectivity index (χ2v) is 4.15. The van der Waals surface area contributed by atoms with E-state index in [0.717, 1.165) is 6.42 Å². The molecule has 0 aliphatic carbocycles. The van der Waals surface area contributed by atoms with Crippen molar-refractivity contribution in [2.75, 3.05) is 20.3 Å². The molecule has 5 nitrogen and oxygen atoms in total. The summed E-state index contributed by atoms with van der Waals surface area (Å²) in [5.74, 6) is 0.147. The van der Waals surface area contributed by atoms with Gasteiger partial charge in [0.25, 0.3) is 0 Å². The quantitative estimate of drug-likeness (QED) is 0.690. The number of amides is 1. The Balaban J connectivity index is 2.42. The second kappa shape index (κ2) is 5.84. The molecule has 1 N–H and O–H groups in total. The molecule has 0 bridgehead atoms. The number of hydrogen-bond donors (Lipinski definition) is 1. The summed E-state index contributed by atoms with van der Waals surface area (Å²) in [5, 5.41) is 3.17. The summed E-state index contributed by atoms with van der Waals surface area (Å²) in [5.41, 5.74) is 0. The molecule has 1 aliphatic rings. The van der Waals surface area contributed by atoms with Gasteiger partial charge in [-0.2, -0.15) is 0 Å². The van der Waals surface area contributed by atoms with Crippen molar-refractivity contribution < 1.29 is 14.3 Å². The van der Waals surface area contributed by atoms with Crippen LogP contribution >= 0.6 is 0 Å². The molecule has 2 atom stereocenters. The number of esters is 1. The van der Waals surface area contributed by atoms with Crippen LogP contribution in [0.5, 0.6) is 0 Å². The fourth-order valence-corrected chi connectivity index (χ4v) is 1.77. The van der Waals surface area contributed by atoms with Crippen LogP contribution < -0.4 is 5.32 Å². The van der Waals surface area contributed by atoms with Crippen LogP contribution in [-0.4, -0.2) is 43.1 Å². The van der Waals surface area contributed by atoms with Crippen molar-refractivity contribution in [3.63, 3.8) is 0 Å². The lowest BCUT2D eigenvalue weighted by atomic mass is 9.99. The van der Waals surface area contributed by atoms with Gasteiger partial charge in [0.15, 0.2) is 0 Å². The maximum Gasteiger partial charge on any atom is 0.307 e. The number of carbonyl (C=O) groups excluding carboxylic acids is 2. The van der Waals surface area contributed by atoms with Crippen LogP contribution in [0.4, 0.5) is 0 Å². The second-order valence-electron chi connectivity index (χ2n) is 4.15. The third-order valence-corrected chi connectivity index (χ3v) is 3.11. The molecule has 0 radical (unpaired) electrons. The van der Waals surface area contributed by atoms with Crippen molar-refractivity contribution in [2.45, 2.75) is 32.7 Å². The minimum atomic E-state index is -0.278. The highest BCUT2D eigenvalue weighted by molar-refractivity contribution is 5.84. The molecule has 1 heterocycles. The third kappa shape index (κ3) is 2.95. The first kappa shape index (κ1) is 13.0. The molecule has 0 spiro atoms. The SMILES string of the molecule is CCC(C)C1NCN(CCC(=O)OC)C1=O. The van der Waals surface area contributed by atoms with Gasteiger partial charge in [0.1, 0.15) is 0 Å². The molecule has 1 fully saturated rings. The average Bonchev–Trinajstić information content (AvgIpc) is 2.66. The molecule has 5 heteroatoms. The zero-order chi connectivity index (χ0) is 12.1. The highest BCUT2D eigenvalue weighted by Gasteiger charge is 2.33. The Labute approximate surface area is 96.1 Å².